The quantitative estimate of drug-likeness (QED) is 0.799. The Morgan fingerprint density at radius 2 is 1.92 bits per heavy atom. The van der Waals surface area contributed by atoms with Gasteiger partial charge in [-0.25, -0.2) is 13.4 Å². The molecule has 0 spiro atoms. The van der Waals surface area contributed by atoms with Crippen LogP contribution in [0.1, 0.15) is 12.5 Å². The number of hydrogen-bond acceptors (Lipinski definition) is 6. The van der Waals surface area contributed by atoms with Gasteiger partial charge in [-0.1, -0.05) is 6.07 Å². The molecule has 26 heavy (non-hydrogen) atoms. The van der Waals surface area contributed by atoms with Gasteiger partial charge in [-0.2, -0.15) is 0 Å². The molecule has 1 aromatic heterocycles. The van der Waals surface area contributed by atoms with E-state index in [9.17, 15) is 8.42 Å². The van der Waals surface area contributed by atoms with E-state index in [4.69, 9.17) is 4.98 Å². The van der Waals surface area contributed by atoms with Gasteiger partial charge in [-0.3, -0.25) is 4.31 Å². The zero-order valence-corrected chi connectivity index (χ0v) is 16.8. The van der Waals surface area contributed by atoms with Crippen molar-refractivity contribution in [3.63, 3.8) is 0 Å². The highest BCUT2D eigenvalue weighted by Gasteiger charge is 2.28. The molecular weight excluding hydrogens is 368 g/mol. The Morgan fingerprint density at radius 3 is 2.65 bits per heavy atom. The average Bonchev–Trinajstić information content (AvgIpc) is 3.29. The van der Waals surface area contributed by atoms with E-state index >= 15 is 0 Å². The maximum absolute atomic E-state index is 12.2. The summed E-state index contributed by atoms with van der Waals surface area (Å²) in [6.45, 7) is 6.38. The molecule has 0 bridgehead atoms. The molecule has 4 rings (SSSR count). The number of sulfonamides is 1. The first-order valence-corrected chi connectivity index (χ1v) is 11.5. The van der Waals surface area contributed by atoms with Crippen LogP contribution in [-0.2, 0) is 16.4 Å². The van der Waals surface area contributed by atoms with Gasteiger partial charge in [0, 0.05) is 43.7 Å². The number of thiazole rings is 1. The average molecular weight is 393 g/mol. The standard InChI is InChI=1S/C18H24N4O2S2/c1-3-26(23,24)22-7-6-15-12-14(4-5-17(15)22)16-13-25-18(19-16)21-10-8-20(2)9-11-21/h4-5,12-13H,3,6-11H2,1-2H3. The molecule has 0 N–H and O–H groups in total. The lowest BCUT2D eigenvalue weighted by Gasteiger charge is -2.32. The molecule has 8 heteroatoms. The van der Waals surface area contributed by atoms with E-state index < -0.39 is 10.0 Å². The third-order valence-corrected chi connectivity index (χ3v) is 7.88. The number of fused-ring (bicyclic) bond motifs is 1. The smallest absolute Gasteiger partial charge is 0.234 e. The first-order valence-electron chi connectivity index (χ1n) is 9.00. The normalized spacial score (nSPS) is 18.4. The first kappa shape index (κ1) is 17.8. The maximum atomic E-state index is 12.2. The molecular formula is C18H24N4O2S2. The summed E-state index contributed by atoms with van der Waals surface area (Å²) >= 11 is 1.68. The third kappa shape index (κ3) is 3.21. The minimum atomic E-state index is -3.19. The predicted molar refractivity (Wildman–Crippen MR) is 108 cm³/mol. The zero-order chi connectivity index (χ0) is 18.3. The lowest BCUT2D eigenvalue weighted by molar-refractivity contribution is 0.313. The molecule has 0 unspecified atom stereocenters. The summed E-state index contributed by atoms with van der Waals surface area (Å²) < 4.78 is 26.0. The summed E-state index contributed by atoms with van der Waals surface area (Å²) in [5.41, 5.74) is 3.96. The number of aromatic nitrogens is 1. The second-order valence-corrected chi connectivity index (χ2v) is 9.89. The van der Waals surface area contributed by atoms with E-state index in [1.54, 1.807) is 22.6 Å². The van der Waals surface area contributed by atoms with Crippen LogP contribution in [0, 0.1) is 0 Å². The van der Waals surface area contributed by atoms with Crippen LogP contribution in [0.2, 0.25) is 0 Å². The summed E-state index contributed by atoms with van der Waals surface area (Å²) in [6.07, 6.45) is 0.762. The van der Waals surface area contributed by atoms with Crippen molar-refractivity contribution < 1.29 is 8.42 Å². The molecule has 0 radical (unpaired) electrons. The highest BCUT2D eigenvalue weighted by Crippen LogP contribution is 2.35. The maximum Gasteiger partial charge on any atom is 0.234 e. The van der Waals surface area contributed by atoms with Gasteiger partial charge in [0.05, 0.1) is 17.1 Å². The van der Waals surface area contributed by atoms with Crippen LogP contribution in [0.4, 0.5) is 10.8 Å². The van der Waals surface area contributed by atoms with Gasteiger partial charge in [0.25, 0.3) is 0 Å². The van der Waals surface area contributed by atoms with Crippen LogP contribution in [0.25, 0.3) is 11.3 Å². The van der Waals surface area contributed by atoms with Gasteiger partial charge >= 0.3 is 0 Å². The number of benzene rings is 1. The molecule has 1 fully saturated rings. The minimum Gasteiger partial charge on any atom is -0.346 e. The van der Waals surface area contributed by atoms with Crippen molar-refractivity contribution in [1.82, 2.24) is 9.88 Å². The van der Waals surface area contributed by atoms with Crippen molar-refractivity contribution in [2.24, 2.45) is 0 Å². The van der Waals surface area contributed by atoms with Crippen molar-refractivity contribution in [2.45, 2.75) is 13.3 Å². The molecule has 1 aromatic carbocycles. The molecule has 2 aromatic rings. The van der Waals surface area contributed by atoms with Crippen molar-refractivity contribution in [1.29, 1.82) is 0 Å². The number of piperazine rings is 1. The summed E-state index contributed by atoms with van der Waals surface area (Å²) in [5.74, 6) is 0.134. The molecule has 140 valence electrons. The van der Waals surface area contributed by atoms with E-state index in [0.717, 1.165) is 60.2 Å². The van der Waals surface area contributed by atoms with E-state index in [1.165, 1.54) is 0 Å². The second kappa shape index (κ2) is 6.83. The van der Waals surface area contributed by atoms with Gasteiger partial charge in [-0.05, 0) is 38.1 Å². The van der Waals surface area contributed by atoms with Gasteiger partial charge in [0.1, 0.15) is 0 Å². The first-order chi connectivity index (χ1) is 12.5. The fraction of sp³-hybridized carbons (Fsp3) is 0.500. The lowest BCUT2D eigenvalue weighted by Crippen LogP contribution is -2.44. The number of likely N-dealkylation sites (N-methyl/N-ethyl adjacent to an activating group) is 1. The highest BCUT2D eigenvalue weighted by atomic mass is 32.2. The second-order valence-electron chi connectivity index (χ2n) is 6.87. The summed E-state index contributed by atoms with van der Waals surface area (Å²) in [4.78, 5) is 9.51. The summed E-state index contributed by atoms with van der Waals surface area (Å²) in [6, 6.07) is 6.02. The van der Waals surface area contributed by atoms with Crippen molar-refractivity contribution in [2.75, 3.05) is 54.7 Å². The van der Waals surface area contributed by atoms with Gasteiger partial charge < -0.3 is 9.80 Å². The molecule has 1 saturated heterocycles. The molecule has 6 nitrogen and oxygen atoms in total. The van der Waals surface area contributed by atoms with Crippen molar-refractivity contribution >= 4 is 32.2 Å². The fourth-order valence-corrected chi connectivity index (χ4v) is 5.56. The predicted octanol–water partition coefficient (Wildman–Crippen LogP) is 2.27. The van der Waals surface area contributed by atoms with Crippen LogP contribution in [0.15, 0.2) is 23.6 Å². The van der Waals surface area contributed by atoms with Crippen LogP contribution < -0.4 is 9.21 Å². The summed E-state index contributed by atoms with van der Waals surface area (Å²) in [5, 5.41) is 3.18. The molecule has 0 amide bonds. The Balaban J connectivity index is 1.57. The van der Waals surface area contributed by atoms with Crippen LogP contribution in [0.5, 0.6) is 0 Å². The Morgan fingerprint density at radius 1 is 1.15 bits per heavy atom. The third-order valence-electron chi connectivity index (χ3n) is 5.19. The zero-order valence-electron chi connectivity index (χ0n) is 15.2. The number of hydrogen-bond donors (Lipinski definition) is 0. The largest absolute Gasteiger partial charge is 0.346 e. The lowest BCUT2D eigenvalue weighted by atomic mass is 10.1. The number of anilines is 2. The van der Waals surface area contributed by atoms with Gasteiger partial charge in [-0.15, -0.1) is 11.3 Å². The number of rotatable bonds is 4. The minimum absolute atomic E-state index is 0.134. The summed E-state index contributed by atoms with van der Waals surface area (Å²) in [7, 11) is -1.04. The van der Waals surface area contributed by atoms with Crippen LogP contribution in [0.3, 0.4) is 0 Å². The van der Waals surface area contributed by atoms with Crippen molar-refractivity contribution in [3.8, 4) is 11.3 Å². The molecule has 0 aliphatic carbocycles. The Labute approximate surface area is 159 Å². The van der Waals surface area contributed by atoms with Gasteiger partial charge in [0.15, 0.2) is 5.13 Å². The monoisotopic (exact) mass is 392 g/mol. The Bertz CT molecular complexity index is 902. The van der Waals surface area contributed by atoms with E-state index in [0.29, 0.717) is 6.54 Å². The Kier molecular flexibility index (Phi) is 4.66. The molecule has 0 atom stereocenters. The van der Waals surface area contributed by atoms with E-state index in [2.05, 4.69) is 28.3 Å². The Hall–Kier alpha value is -1.64. The highest BCUT2D eigenvalue weighted by molar-refractivity contribution is 7.92. The molecule has 3 heterocycles. The molecule has 0 saturated carbocycles. The number of nitrogens with zero attached hydrogens (tertiary/aromatic N) is 4. The van der Waals surface area contributed by atoms with E-state index in [-0.39, 0.29) is 5.75 Å². The molecule has 2 aliphatic rings. The SMILES string of the molecule is CCS(=O)(=O)N1CCc2cc(-c3csc(N4CCN(C)CC4)n3)ccc21. The van der Waals surface area contributed by atoms with Crippen LogP contribution in [-0.4, -0.2) is 63.8 Å². The van der Waals surface area contributed by atoms with Crippen molar-refractivity contribution in [3.05, 3.63) is 29.1 Å². The van der Waals surface area contributed by atoms with E-state index in [1.807, 2.05) is 12.1 Å². The fourth-order valence-electron chi connectivity index (χ4n) is 3.52. The van der Waals surface area contributed by atoms with Gasteiger partial charge in [0.2, 0.25) is 10.0 Å². The topological polar surface area (TPSA) is 56.8 Å². The molecule has 2 aliphatic heterocycles. The van der Waals surface area contributed by atoms with Crippen LogP contribution >= 0.6 is 11.3 Å².